The number of carbonyl (C=O) groups excluding carboxylic acids is 3. The first-order valence-corrected chi connectivity index (χ1v) is 9.81. The van der Waals surface area contributed by atoms with E-state index in [0.717, 1.165) is 11.0 Å². The van der Waals surface area contributed by atoms with Gasteiger partial charge in [0.05, 0.1) is 29.9 Å². The third kappa shape index (κ3) is 3.01. The first kappa shape index (κ1) is 20.7. The fraction of sp³-hybridized carbons (Fsp3) is 0.429. The van der Waals surface area contributed by atoms with Crippen LogP contribution in [0.5, 0.6) is 5.75 Å². The fourth-order valence-electron chi connectivity index (χ4n) is 4.49. The molecule has 2 fully saturated rings. The summed E-state index contributed by atoms with van der Waals surface area (Å²) in [7, 11) is 1.35. The molecule has 162 valence electrons. The normalized spacial score (nSPS) is 26.8. The predicted octanol–water partition coefficient (Wildman–Crippen LogP) is 1.93. The lowest BCUT2D eigenvalue weighted by Crippen LogP contribution is -2.49. The zero-order chi connectivity index (χ0) is 22.7. The summed E-state index contributed by atoms with van der Waals surface area (Å²) in [5.41, 5.74) is -1.04. The Hall–Kier alpha value is -3.56. The highest BCUT2D eigenvalue weighted by Gasteiger charge is 2.65. The number of imide groups is 1. The number of carbonyl (C=O) groups is 3. The minimum atomic E-state index is -0.951. The van der Waals surface area contributed by atoms with Crippen molar-refractivity contribution in [2.45, 2.75) is 32.9 Å². The van der Waals surface area contributed by atoms with Crippen LogP contribution in [0.2, 0.25) is 0 Å². The molecule has 31 heavy (non-hydrogen) atoms. The van der Waals surface area contributed by atoms with Gasteiger partial charge in [0.15, 0.2) is 5.78 Å². The molecule has 10 nitrogen and oxygen atoms in total. The third-order valence-electron chi connectivity index (χ3n) is 5.91. The SMILES string of the molecule is COc1ccc([N+](=O)[O-])cc1N1C(=O)[C@@H]2[C@H](C1=O)[C@@H](C(=O)C(C)(C)C)N1N=CC=C[C@@H]21. The number of benzene rings is 1. The maximum Gasteiger partial charge on any atom is 0.271 e. The number of anilines is 1. The molecule has 2 saturated heterocycles. The third-order valence-corrected chi connectivity index (χ3v) is 5.91. The number of Topliss-reactive ketones (excluding diaryl/α,β-unsaturated/α-hetero) is 1. The predicted molar refractivity (Wildman–Crippen MR) is 111 cm³/mol. The van der Waals surface area contributed by atoms with E-state index >= 15 is 0 Å². The Morgan fingerprint density at radius 3 is 2.48 bits per heavy atom. The highest BCUT2D eigenvalue weighted by molar-refractivity contribution is 6.25. The van der Waals surface area contributed by atoms with Gasteiger partial charge in [-0.25, -0.2) is 4.90 Å². The number of ether oxygens (including phenoxy) is 1. The van der Waals surface area contributed by atoms with E-state index < -0.39 is 46.1 Å². The zero-order valence-corrected chi connectivity index (χ0v) is 17.5. The Balaban J connectivity index is 1.83. The Kier molecular flexibility index (Phi) is 4.68. The van der Waals surface area contributed by atoms with Crippen molar-refractivity contribution >= 4 is 35.2 Å². The summed E-state index contributed by atoms with van der Waals surface area (Å²) < 4.78 is 5.26. The second-order valence-electron chi connectivity index (χ2n) is 8.76. The number of amides is 2. The average molecular weight is 426 g/mol. The molecule has 3 aliphatic heterocycles. The minimum absolute atomic E-state index is 0.00195. The van der Waals surface area contributed by atoms with Crippen molar-refractivity contribution in [1.29, 1.82) is 0 Å². The van der Waals surface area contributed by atoms with Crippen LogP contribution in [0, 0.1) is 27.4 Å². The van der Waals surface area contributed by atoms with Crippen molar-refractivity contribution < 1.29 is 24.0 Å². The number of fused-ring (bicyclic) bond motifs is 3. The van der Waals surface area contributed by atoms with Gasteiger partial charge in [-0.1, -0.05) is 26.8 Å². The second-order valence-corrected chi connectivity index (χ2v) is 8.76. The largest absolute Gasteiger partial charge is 0.495 e. The number of nitro benzene ring substituents is 1. The van der Waals surface area contributed by atoms with Crippen LogP contribution in [0.4, 0.5) is 11.4 Å². The molecule has 0 unspecified atom stereocenters. The van der Waals surface area contributed by atoms with Crippen LogP contribution in [-0.2, 0) is 14.4 Å². The zero-order valence-electron chi connectivity index (χ0n) is 17.5. The Morgan fingerprint density at radius 1 is 1.19 bits per heavy atom. The molecule has 1 aromatic rings. The summed E-state index contributed by atoms with van der Waals surface area (Å²) in [6, 6.07) is 2.25. The quantitative estimate of drug-likeness (QED) is 0.409. The van der Waals surface area contributed by atoms with Crippen LogP contribution in [0.25, 0.3) is 0 Å². The van der Waals surface area contributed by atoms with Gasteiger partial charge in [-0.3, -0.25) is 29.5 Å². The number of non-ortho nitro benzene ring substituents is 1. The van der Waals surface area contributed by atoms with E-state index in [4.69, 9.17) is 4.74 Å². The molecule has 10 heteroatoms. The number of nitrogens with zero attached hydrogens (tertiary/aromatic N) is 4. The molecule has 0 bridgehead atoms. The van der Waals surface area contributed by atoms with Crippen molar-refractivity contribution in [3.05, 3.63) is 40.5 Å². The van der Waals surface area contributed by atoms with E-state index in [0.29, 0.717) is 0 Å². The van der Waals surface area contributed by atoms with Crippen molar-refractivity contribution in [2.75, 3.05) is 12.0 Å². The summed E-state index contributed by atoms with van der Waals surface area (Å²) >= 11 is 0. The minimum Gasteiger partial charge on any atom is -0.495 e. The number of allylic oxidation sites excluding steroid dienone is 1. The number of methoxy groups -OCH3 is 1. The monoisotopic (exact) mass is 426 g/mol. The van der Waals surface area contributed by atoms with Crippen molar-refractivity contribution in [2.24, 2.45) is 22.4 Å². The molecular formula is C21H22N4O6. The van der Waals surface area contributed by atoms with Crippen molar-refractivity contribution in [3.8, 4) is 5.75 Å². The summed E-state index contributed by atoms with van der Waals surface area (Å²) in [5, 5.41) is 17.1. The molecule has 0 aromatic heterocycles. The van der Waals surface area contributed by atoms with Crippen LogP contribution < -0.4 is 9.64 Å². The van der Waals surface area contributed by atoms with Gasteiger partial charge in [0.1, 0.15) is 17.5 Å². The number of hydrogen-bond donors (Lipinski definition) is 0. The van der Waals surface area contributed by atoms with Gasteiger partial charge in [0.2, 0.25) is 11.8 Å². The van der Waals surface area contributed by atoms with Gasteiger partial charge in [0, 0.05) is 23.8 Å². The van der Waals surface area contributed by atoms with Gasteiger partial charge in [-0.05, 0) is 12.1 Å². The van der Waals surface area contributed by atoms with Crippen LogP contribution in [0.1, 0.15) is 20.8 Å². The molecule has 0 spiro atoms. The van der Waals surface area contributed by atoms with Crippen LogP contribution in [0.3, 0.4) is 0 Å². The summed E-state index contributed by atoms with van der Waals surface area (Å²) in [4.78, 5) is 51.9. The molecule has 3 aliphatic rings. The summed E-state index contributed by atoms with van der Waals surface area (Å²) in [6.45, 7) is 5.26. The van der Waals surface area contributed by atoms with Gasteiger partial charge in [0.25, 0.3) is 5.69 Å². The highest BCUT2D eigenvalue weighted by Crippen LogP contribution is 2.48. The van der Waals surface area contributed by atoms with Crippen molar-refractivity contribution in [1.82, 2.24) is 5.01 Å². The molecule has 4 atom stereocenters. The average Bonchev–Trinajstić information content (AvgIpc) is 3.19. The maximum absolute atomic E-state index is 13.6. The smallest absolute Gasteiger partial charge is 0.271 e. The Bertz CT molecular complexity index is 1060. The maximum atomic E-state index is 13.6. The van der Waals surface area contributed by atoms with E-state index in [-0.39, 0.29) is 22.9 Å². The summed E-state index contributed by atoms with van der Waals surface area (Å²) in [6.07, 6.45) is 4.95. The van der Waals surface area contributed by atoms with Crippen LogP contribution in [-0.4, -0.2) is 52.9 Å². The number of rotatable bonds is 4. The van der Waals surface area contributed by atoms with E-state index in [1.165, 1.54) is 25.5 Å². The number of hydrazone groups is 1. The Labute approximate surface area is 178 Å². The van der Waals surface area contributed by atoms with Crippen molar-refractivity contribution in [3.63, 3.8) is 0 Å². The number of nitro groups is 1. The number of hydrogen-bond acceptors (Lipinski definition) is 8. The molecule has 0 aliphatic carbocycles. The van der Waals surface area contributed by atoms with Gasteiger partial charge >= 0.3 is 0 Å². The first-order valence-electron chi connectivity index (χ1n) is 9.81. The molecule has 3 heterocycles. The molecule has 0 saturated carbocycles. The molecule has 2 amide bonds. The fourth-order valence-corrected chi connectivity index (χ4v) is 4.49. The van der Waals surface area contributed by atoms with E-state index in [9.17, 15) is 24.5 Å². The molecule has 4 rings (SSSR count). The lowest BCUT2D eigenvalue weighted by atomic mass is 9.80. The summed E-state index contributed by atoms with van der Waals surface area (Å²) in [5.74, 6) is -2.95. The Morgan fingerprint density at radius 2 is 1.87 bits per heavy atom. The lowest BCUT2D eigenvalue weighted by Gasteiger charge is -2.33. The lowest BCUT2D eigenvalue weighted by molar-refractivity contribution is -0.384. The van der Waals surface area contributed by atoms with Gasteiger partial charge in [-0.2, -0.15) is 5.10 Å². The first-order chi connectivity index (χ1) is 14.6. The van der Waals surface area contributed by atoms with Crippen LogP contribution >= 0.6 is 0 Å². The van der Waals surface area contributed by atoms with Crippen LogP contribution in [0.15, 0.2) is 35.5 Å². The topological polar surface area (TPSA) is 122 Å². The molecule has 0 radical (unpaired) electrons. The van der Waals surface area contributed by atoms with Gasteiger partial charge < -0.3 is 4.74 Å². The highest BCUT2D eigenvalue weighted by atomic mass is 16.6. The van der Waals surface area contributed by atoms with Gasteiger partial charge in [-0.15, -0.1) is 0 Å². The standard InChI is InChI=1S/C21H22N4O6/c1-21(2,3)18(26)17-16-15(12-6-5-9-22-24(12)17)19(27)23(20(16)28)13-10-11(25(29)30)7-8-14(13)31-4/h5-10,12,15-17H,1-4H3/t12-,15-,16-,17-/m0/s1. The molecule has 0 N–H and O–H groups in total. The van der Waals surface area contributed by atoms with E-state index in [1.54, 1.807) is 37.9 Å². The number of ketones is 1. The van der Waals surface area contributed by atoms with E-state index in [1.807, 2.05) is 0 Å². The van der Waals surface area contributed by atoms with E-state index in [2.05, 4.69) is 5.10 Å². The molecule has 1 aromatic carbocycles. The second kappa shape index (κ2) is 7.00. The molecular weight excluding hydrogens is 404 g/mol.